The van der Waals surface area contributed by atoms with E-state index >= 15 is 0 Å². The van der Waals surface area contributed by atoms with Crippen LogP contribution < -0.4 is 10.6 Å². The summed E-state index contributed by atoms with van der Waals surface area (Å²) in [6.07, 6.45) is 2.86. The number of hydrogen-bond donors (Lipinski definition) is 2. The number of urea groups is 1. The molecule has 1 aromatic rings. The fourth-order valence-corrected chi connectivity index (χ4v) is 3.31. The van der Waals surface area contributed by atoms with E-state index in [9.17, 15) is 19.2 Å². The molecule has 3 rings (SSSR count). The molecule has 0 atom stereocenters. The number of rotatable bonds is 5. The second-order valence-electron chi connectivity index (χ2n) is 6.33. The van der Waals surface area contributed by atoms with Crippen molar-refractivity contribution >= 4 is 41.1 Å². The molecule has 8 nitrogen and oxygen atoms in total. The number of carbonyl (C=O) groups excluding carboxylic acids is 4. The van der Waals surface area contributed by atoms with E-state index in [4.69, 9.17) is 16.3 Å². The number of benzene rings is 1. The highest BCUT2D eigenvalue weighted by molar-refractivity contribution is 6.30. The Kier molecular flexibility index (Phi) is 5.13. The SMILES string of the molecule is O=C(COC(=O)CN1C(=O)NC2(CCCC2)C1=O)Nc1ccc(Cl)cc1. The first-order valence-electron chi connectivity index (χ1n) is 8.25. The highest BCUT2D eigenvalue weighted by Gasteiger charge is 2.52. The second-order valence-corrected chi connectivity index (χ2v) is 6.76. The van der Waals surface area contributed by atoms with E-state index in [1.165, 1.54) is 0 Å². The standard InChI is InChI=1S/C17H18ClN3O5/c18-11-3-5-12(6-4-11)19-13(22)10-26-14(23)9-21-15(24)17(20-16(21)25)7-1-2-8-17/h3-6H,1-2,7-10H2,(H,19,22)(H,20,25). The number of nitrogens with zero attached hydrogens (tertiary/aromatic N) is 1. The largest absolute Gasteiger partial charge is 0.454 e. The number of anilines is 1. The number of nitrogens with one attached hydrogen (secondary N) is 2. The van der Waals surface area contributed by atoms with Crippen LogP contribution in [0.15, 0.2) is 24.3 Å². The molecule has 1 aromatic carbocycles. The maximum Gasteiger partial charge on any atom is 0.326 e. The van der Waals surface area contributed by atoms with Crippen molar-refractivity contribution in [2.75, 3.05) is 18.5 Å². The van der Waals surface area contributed by atoms with E-state index in [0.717, 1.165) is 17.7 Å². The number of amides is 4. The highest BCUT2D eigenvalue weighted by Crippen LogP contribution is 2.34. The van der Waals surface area contributed by atoms with Gasteiger partial charge in [-0.25, -0.2) is 4.79 Å². The molecule has 1 aliphatic heterocycles. The predicted molar refractivity (Wildman–Crippen MR) is 92.5 cm³/mol. The van der Waals surface area contributed by atoms with Gasteiger partial charge in [0, 0.05) is 10.7 Å². The van der Waals surface area contributed by atoms with Gasteiger partial charge in [0.2, 0.25) is 0 Å². The Bertz CT molecular complexity index is 743. The predicted octanol–water partition coefficient (Wildman–Crippen LogP) is 1.69. The van der Waals surface area contributed by atoms with Crippen LogP contribution in [0, 0.1) is 0 Å². The Hall–Kier alpha value is -2.61. The molecule has 9 heteroatoms. The Morgan fingerprint density at radius 3 is 2.50 bits per heavy atom. The molecule has 138 valence electrons. The van der Waals surface area contributed by atoms with Crippen LogP contribution >= 0.6 is 11.6 Å². The van der Waals surface area contributed by atoms with Crippen molar-refractivity contribution in [2.24, 2.45) is 0 Å². The lowest BCUT2D eigenvalue weighted by molar-refractivity contribution is -0.150. The highest BCUT2D eigenvalue weighted by atomic mass is 35.5. The maximum absolute atomic E-state index is 12.4. The quantitative estimate of drug-likeness (QED) is 0.598. The average Bonchev–Trinajstić information content (AvgIpc) is 3.16. The zero-order valence-corrected chi connectivity index (χ0v) is 14.7. The lowest BCUT2D eigenvalue weighted by Crippen LogP contribution is -2.44. The van der Waals surface area contributed by atoms with Crippen molar-refractivity contribution in [3.8, 4) is 0 Å². The van der Waals surface area contributed by atoms with E-state index in [-0.39, 0.29) is 0 Å². The van der Waals surface area contributed by atoms with Gasteiger partial charge in [-0.2, -0.15) is 0 Å². The minimum absolute atomic E-state index is 0.400. The molecule has 4 amide bonds. The minimum atomic E-state index is -0.872. The number of halogens is 1. The summed E-state index contributed by atoms with van der Waals surface area (Å²) < 4.78 is 4.86. The van der Waals surface area contributed by atoms with Crippen LogP contribution in [0.1, 0.15) is 25.7 Å². The molecule has 2 aliphatic rings. The van der Waals surface area contributed by atoms with Crippen LogP contribution in [0.5, 0.6) is 0 Å². The Morgan fingerprint density at radius 2 is 1.85 bits per heavy atom. The van der Waals surface area contributed by atoms with Gasteiger partial charge in [-0.3, -0.25) is 19.3 Å². The summed E-state index contributed by atoms with van der Waals surface area (Å²) in [4.78, 5) is 49.0. The molecule has 1 aliphatic carbocycles. The van der Waals surface area contributed by atoms with Crippen LogP contribution in [0.3, 0.4) is 0 Å². The third kappa shape index (κ3) is 3.80. The number of esters is 1. The molecule has 0 bridgehead atoms. The molecule has 1 spiro atoms. The molecule has 0 unspecified atom stereocenters. The second kappa shape index (κ2) is 7.33. The van der Waals surface area contributed by atoms with E-state index in [2.05, 4.69) is 10.6 Å². The summed E-state index contributed by atoms with van der Waals surface area (Å²) in [7, 11) is 0. The van der Waals surface area contributed by atoms with Crippen molar-refractivity contribution in [1.82, 2.24) is 10.2 Å². The van der Waals surface area contributed by atoms with Crippen LogP contribution in [-0.2, 0) is 19.1 Å². The van der Waals surface area contributed by atoms with Gasteiger partial charge in [-0.15, -0.1) is 0 Å². The van der Waals surface area contributed by atoms with Crippen molar-refractivity contribution in [3.05, 3.63) is 29.3 Å². The molecule has 1 saturated heterocycles. The Balaban J connectivity index is 1.48. The van der Waals surface area contributed by atoms with E-state index in [1.807, 2.05) is 0 Å². The van der Waals surface area contributed by atoms with E-state index in [1.54, 1.807) is 24.3 Å². The van der Waals surface area contributed by atoms with Gasteiger partial charge >= 0.3 is 12.0 Å². The third-order valence-electron chi connectivity index (χ3n) is 4.48. The molecule has 1 saturated carbocycles. The average molecular weight is 380 g/mol. The fourth-order valence-electron chi connectivity index (χ4n) is 3.19. The minimum Gasteiger partial charge on any atom is -0.454 e. The Labute approximate surface area is 154 Å². The third-order valence-corrected chi connectivity index (χ3v) is 4.73. The molecule has 26 heavy (non-hydrogen) atoms. The van der Waals surface area contributed by atoms with E-state index < -0.39 is 42.5 Å². The molecule has 0 aromatic heterocycles. The Morgan fingerprint density at radius 1 is 1.19 bits per heavy atom. The molecular formula is C17H18ClN3O5. The van der Waals surface area contributed by atoms with Gasteiger partial charge in [-0.05, 0) is 37.1 Å². The zero-order valence-electron chi connectivity index (χ0n) is 13.9. The summed E-state index contributed by atoms with van der Waals surface area (Å²) >= 11 is 5.75. The van der Waals surface area contributed by atoms with Crippen molar-refractivity contribution < 1.29 is 23.9 Å². The van der Waals surface area contributed by atoms with Crippen LogP contribution in [-0.4, -0.2) is 47.4 Å². The molecule has 2 fully saturated rings. The topological polar surface area (TPSA) is 105 Å². The van der Waals surface area contributed by atoms with Crippen molar-refractivity contribution in [3.63, 3.8) is 0 Å². The smallest absolute Gasteiger partial charge is 0.326 e. The molecular weight excluding hydrogens is 362 g/mol. The lowest BCUT2D eigenvalue weighted by Gasteiger charge is -2.19. The van der Waals surface area contributed by atoms with Gasteiger partial charge in [0.25, 0.3) is 11.8 Å². The zero-order chi connectivity index (χ0) is 18.7. The summed E-state index contributed by atoms with van der Waals surface area (Å²) in [6, 6.07) is 5.84. The van der Waals surface area contributed by atoms with Gasteiger partial charge in [0.15, 0.2) is 6.61 Å². The summed E-state index contributed by atoms with van der Waals surface area (Å²) in [6.45, 7) is -1.03. The molecule has 1 heterocycles. The first kappa shape index (κ1) is 18.2. The first-order valence-corrected chi connectivity index (χ1v) is 8.63. The summed E-state index contributed by atoms with van der Waals surface area (Å²) in [5.74, 6) is -1.76. The number of hydrogen-bond acceptors (Lipinski definition) is 5. The van der Waals surface area contributed by atoms with Gasteiger partial charge in [0.1, 0.15) is 12.1 Å². The number of imide groups is 1. The van der Waals surface area contributed by atoms with Crippen LogP contribution in [0.2, 0.25) is 5.02 Å². The van der Waals surface area contributed by atoms with Gasteiger partial charge in [-0.1, -0.05) is 24.4 Å². The number of ether oxygens (including phenoxy) is 1. The maximum atomic E-state index is 12.4. The summed E-state index contributed by atoms with van der Waals surface area (Å²) in [5.41, 5.74) is -0.365. The van der Waals surface area contributed by atoms with Crippen molar-refractivity contribution in [2.45, 2.75) is 31.2 Å². The van der Waals surface area contributed by atoms with Crippen molar-refractivity contribution in [1.29, 1.82) is 0 Å². The van der Waals surface area contributed by atoms with Crippen LogP contribution in [0.25, 0.3) is 0 Å². The molecule has 2 N–H and O–H groups in total. The monoisotopic (exact) mass is 379 g/mol. The van der Waals surface area contributed by atoms with Crippen LogP contribution in [0.4, 0.5) is 10.5 Å². The lowest BCUT2D eigenvalue weighted by atomic mass is 9.98. The van der Waals surface area contributed by atoms with E-state index in [0.29, 0.717) is 23.6 Å². The number of carbonyl (C=O) groups is 4. The molecule has 0 radical (unpaired) electrons. The summed E-state index contributed by atoms with van der Waals surface area (Å²) in [5, 5.41) is 5.75. The normalized spacial score (nSPS) is 18.1. The van der Waals surface area contributed by atoms with Gasteiger partial charge < -0.3 is 15.4 Å². The fraction of sp³-hybridized carbons (Fsp3) is 0.412. The van der Waals surface area contributed by atoms with Gasteiger partial charge in [0.05, 0.1) is 0 Å². The first-order chi connectivity index (χ1) is 12.4.